The summed E-state index contributed by atoms with van der Waals surface area (Å²) in [5.41, 5.74) is 1.91. The maximum absolute atomic E-state index is 12.7. The van der Waals surface area contributed by atoms with Crippen LogP contribution in [-0.2, 0) is 6.54 Å². The van der Waals surface area contributed by atoms with Gasteiger partial charge in [0, 0.05) is 16.6 Å². The van der Waals surface area contributed by atoms with Crippen molar-refractivity contribution in [2.24, 2.45) is 0 Å². The van der Waals surface area contributed by atoms with Crippen molar-refractivity contribution in [3.05, 3.63) is 58.2 Å². The highest BCUT2D eigenvalue weighted by molar-refractivity contribution is 9.10. The van der Waals surface area contributed by atoms with Crippen LogP contribution in [0.1, 0.15) is 15.9 Å². The molecule has 3 aromatic rings. The van der Waals surface area contributed by atoms with Crippen molar-refractivity contribution in [2.75, 3.05) is 21.3 Å². The summed E-state index contributed by atoms with van der Waals surface area (Å²) >= 11 is 3.39. The van der Waals surface area contributed by atoms with E-state index < -0.39 is 0 Å². The van der Waals surface area contributed by atoms with Crippen LogP contribution in [0.25, 0.3) is 11.3 Å². The minimum Gasteiger partial charge on any atom is -0.493 e. The normalized spacial score (nSPS) is 10.4. The van der Waals surface area contributed by atoms with Gasteiger partial charge in [-0.25, -0.2) is 0 Å². The summed E-state index contributed by atoms with van der Waals surface area (Å²) in [5, 5.41) is 6.63. The molecule has 1 heterocycles. The van der Waals surface area contributed by atoms with E-state index in [4.69, 9.17) is 18.7 Å². The molecule has 8 heteroatoms. The molecule has 3 rings (SSSR count). The maximum atomic E-state index is 12.7. The monoisotopic (exact) mass is 446 g/mol. The van der Waals surface area contributed by atoms with E-state index in [1.165, 1.54) is 13.3 Å². The van der Waals surface area contributed by atoms with Gasteiger partial charge in [-0.05, 0) is 42.0 Å². The SMILES string of the molecule is COc1cc(CNC(=O)c2cnoc2-c2ccc(Br)cc2)cc(OC)c1OC. The van der Waals surface area contributed by atoms with Crippen LogP contribution in [0.5, 0.6) is 17.2 Å². The van der Waals surface area contributed by atoms with E-state index in [0.717, 1.165) is 15.6 Å². The van der Waals surface area contributed by atoms with Crippen LogP contribution in [0.15, 0.2) is 51.6 Å². The second-order valence-corrected chi connectivity index (χ2v) is 6.71. The third kappa shape index (κ3) is 4.12. The highest BCUT2D eigenvalue weighted by Gasteiger charge is 2.19. The summed E-state index contributed by atoms with van der Waals surface area (Å²) in [7, 11) is 4.62. The molecule has 0 fully saturated rings. The highest BCUT2D eigenvalue weighted by Crippen LogP contribution is 2.38. The first-order valence-corrected chi connectivity index (χ1v) is 9.14. The van der Waals surface area contributed by atoms with Crippen molar-refractivity contribution in [1.29, 1.82) is 0 Å². The Morgan fingerprint density at radius 2 is 1.71 bits per heavy atom. The molecule has 1 N–H and O–H groups in total. The lowest BCUT2D eigenvalue weighted by atomic mass is 10.1. The molecule has 0 spiro atoms. The quantitative estimate of drug-likeness (QED) is 0.588. The van der Waals surface area contributed by atoms with Crippen molar-refractivity contribution in [3.63, 3.8) is 0 Å². The number of aromatic nitrogens is 1. The number of nitrogens with one attached hydrogen (secondary N) is 1. The molecule has 0 unspecified atom stereocenters. The van der Waals surface area contributed by atoms with Crippen LogP contribution in [0.2, 0.25) is 0 Å². The summed E-state index contributed by atoms with van der Waals surface area (Å²) in [5.74, 6) is 1.65. The van der Waals surface area contributed by atoms with Gasteiger partial charge in [-0.15, -0.1) is 0 Å². The van der Waals surface area contributed by atoms with E-state index in [1.54, 1.807) is 26.4 Å². The van der Waals surface area contributed by atoms with Gasteiger partial charge >= 0.3 is 0 Å². The van der Waals surface area contributed by atoms with Crippen LogP contribution in [0.4, 0.5) is 0 Å². The Labute approximate surface area is 170 Å². The molecular formula is C20H19BrN2O5. The van der Waals surface area contributed by atoms with Gasteiger partial charge in [0.1, 0.15) is 5.56 Å². The Morgan fingerprint density at radius 1 is 1.07 bits per heavy atom. The number of benzene rings is 2. The van der Waals surface area contributed by atoms with E-state index in [0.29, 0.717) is 28.6 Å². The van der Waals surface area contributed by atoms with Gasteiger partial charge in [0.2, 0.25) is 5.75 Å². The Balaban J connectivity index is 1.78. The zero-order valence-electron chi connectivity index (χ0n) is 15.6. The number of hydrogen-bond acceptors (Lipinski definition) is 6. The number of halogens is 1. The van der Waals surface area contributed by atoms with Crippen molar-refractivity contribution in [2.45, 2.75) is 6.54 Å². The summed E-state index contributed by atoms with van der Waals surface area (Å²) in [6.07, 6.45) is 1.40. The number of carbonyl (C=O) groups is 1. The summed E-state index contributed by atoms with van der Waals surface area (Å²) in [4.78, 5) is 12.7. The Morgan fingerprint density at radius 3 is 2.29 bits per heavy atom. The second-order valence-electron chi connectivity index (χ2n) is 5.79. The number of ether oxygens (including phenoxy) is 3. The summed E-state index contributed by atoms with van der Waals surface area (Å²) in [6, 6.07) is 11.0. The van der Waals surface area contributed by atoms with Crippen molar-refractivity contribution < 1.29 is 23.5 Å². The molecule has 0 atom stereocenters. The number of rotatable bonds is 7. The maximum Gasteiger partial charge on any atom is 0.257 e. The van der Waals surface area contributed by atoms with Crippen LogP contribution in [0.3, 0.4) is 0 Å². The van der Waals surface area contributed by atoms with Crippen LogP contribution >= 0.6 is 15.9 Å². The van der Waals surface area contributed by atoms with E-state index >= 15 is 0 Å². The fourth-order valence-electron chi connectivity index (χ4n) is 2.73. The molecule has 0 radical (unpaired) electrons. The molecule has 0 saturated carbocycles. The Kier molecular flexibility index (Phi) is 6.20. The molecule has 0 aliphatic rings. The average Bonchev–Trinajstić information content (AvgIpc) is 3.21. The first-order valence-electron chi connectivity index (χ1n) is 8.35. The molecule has 146 valence electrons. The molecule has 28 heavy (non-hydrogen) atoms. The predicted molar refractivity (Wildman–Crippen MR) is 107 cm³/mol. The Bertz CT molecular complexity index is 944. The third-order valence-electron chi connectivity index (χ3n) is 4.10. The molecule has 7 nitrogen and oxygen atoms in total. The van der Waals surface area contributed by atoms with Crippen molar-refractivity contribution in [1.82, 2.24) is 10.5 Å². The molecule has 1 aromatic heterocycles. The zero-order valence-corrected chi connectivity index (χ0v) is 17.2. The molecule has 0 bridgehead atoms. The molecule has 0 saturated heterocycles. The van der Waals surface area contributed by atoms with Gasteiger partial charge in [-0.1, -0.05) is 21.1 Å². The standard InChI is InChI=1S/C20H19BrN2O5/c1-25-16-8-12(9-17(26-2)19(16)27-3)10-22-20(24)15-11-23-28-18(15)13-4-6-14(21)7-5-13/h4-9,11H,10H2,1-3H3,(H,22,24). The lowest BCUT2D eigenvalue weighted by molar-refractivity contribution is 0.0951. The zero-order chi connectivity index (χ0) is 20.1. The van der Waals surface area contributed by atoms with Gasteiger partial charge < -0.3 is 24.1 Å². The number of methoxy groups -OCH3 is 3. The second kappa shape index (κ2) is 8.79. The minimum atomic E-state index is -0.298. The first kappa shape index (κ1) is 19.8. The predicted octanol–water partition coefficient (Wildman–Crippen LogP) is 4.06. The molecular weight excluding hydrogens is 428 g/mol. The van der Waals surface area contributed by atoms with Crippen LogP contribution in [0, 0.1) is 0 Å². The number of hydrogen-bond donors (Lipinski definition) is 1. The van der Waals surface area contributed by atoms with Gasteiger partial charge in [0.15, 0.2) is 17.3 Å². The van der Waals surface area contributed by atoms with Gasteiger partial charge in [-0.3, -0.25) is 4.79 Å². The number of carbonyl (C=O) groups excluding carboxylic acids is 1. The van der Waals surface area contributed by atoms with Gasteiger partial charge in [0.25, 0.3) is 5.91 Å². The number of nitrogens with zero attached hydrogens (tertiary/aromatic N) is 1. The topological polar surface area (TPSA) is 82.8 Å². The van der Waals surface area contributed by atoms with Crippen molar-refractivity contribution in [3.8, 4) is 28.6 Å². The largest absolute Gasteiger partial charge is 0.493 e. The van der Waals surface area contributed by atoms with E-state index in [1.807, 2.05) is 24.3 Å². The lowest BCUT2D eigenvalue weighted by Crippen LogP contribution is -2.23. The minimum absolute atomic E-state index is 0.264. The van der Waals surface area contributed by atoms with E-state index in [2.05, 4.69) is 26.4 Å². The third-order valence-corrected chi connectivity index (χ3v) is 4.63. The van der Waals surface area contributed by atoms with Crippen LogP contribution < -0.4 is 19.5 Å². The summed E-state index contributed by atoms with van der Waals surface area (Å²) < 4.78 is 22.2. The first-order chi connectivity index (χ1) is 13.6. The highest BCUT2D eigenvalue weighted by atomic mass is 79.9. The molecule has 1 amide bonds. The average molecular weight is 447 g/mol. The molecule has 0 aliphatic carbocycles. The van der Waals surface area contributed by atoms with Gasteiger partial charge in [0.05, 0.1) is 27.5 Å². The lowest BCUT2D eigenvalue weighted by Gasteiger charge is -2.14. The number of amides is 1. The fraction of sp³-hybridized carbons (Fsp3) is 0.200. The van der Waals surface area contributed by atoms with E-state index in [-0.39, 0.29) is 12.5 Å². The molecule has 0 aliphatic heterocycles. The van der Waals surface area contributed by atoms with E-state index in [9.17, 15) is 4.79 Å². The fourth-order valence-corrected chi connectivity index (χ4v) is 2.99. The molecule has 2 aromatic carbocycles. The smallest absolute Gasteiger partial charge is 0.257 e. The van der Waals surface area contributed by atoms with Crippen molar-refractivity contribution >= 4 is 21.8 Å². The van der Waals surface area contributed by atoms with Gasteiger partial charge in [-0.2, -0.15) is 0 Å². The Hall–Kier alpha value is -3.00. The van der Waals surface area contributed by atoms with Crippen LogP contribution in [-0.4, -0.2) is 32.4 Å². The summed E-state index contributed by atoms with van der Waals surface area (Å²) in [6.45, 7) is 0.264.